The van der Waals surface area contributed by atoms with E-state index in [0.29, 0.717) is 43.7 Å². The number of ether oxygens (including phenoxy) is 2. The van der Waals surface area contributed by atoms with Gasteiger partial charge in [0.15, 0.2) is 16.6 Å². The number of thiazole rings is 1. The number of nitrogens with zero attached hydrogens (tertiary/aromatic N) is 3. The summed E-state index contributed by atoms with van der Waals surface area (Å²) >= 11 is 1.49. The molecule has 0 radical (unpaired) electrons. The van der Waals surface area contributed by atoms with Crippen LogP contribution in [0.3, 0.4) is 0 Å². The van der Waals surface area contributed by atoms with Crippen LogP contribution in [0.1, 0.15) is 49.3 Å². The zero-order valence-electron chi connectivity index (χ0n) is 19.3. The van der Waals surface area contributed by atoms with Crippen LogP contribution in [0, 0.1) is 18.8 Å². The van der Waals surface area contributed by atoms with Crippen LogP contribution in [0.2, 0.25) is 0 Å². The largest absolute Gasteiger partial charge is 0.493 e. The van der Waals surface area contributed by atoms with Crippen molar-refractivity contribution in [3.8, 4) is 11.5 Å². The highest BCUT2D eigenvalue weighted by Crippen LogP contribution is 2.37. The first-order valence-electron chi connectivity index (χ1n) is 11.8. The summed E-state index contributed by atoms with van der Waals surface area (Å²) in [6.07, 6.45) is 5.16. The van der Waals surface area contributed by atoms with Gasteiger partial charge in [0.05, 0.1) is 19.4 Å². The normalized spacial score (nSPS) is 20.2. The molecule has 7 nitrogen and oxygen atoms in total. The van der Waals surface area contributed by atoms with E-state index in [2.05, 4.69) is 4.98 Å². The van der Waals surface area contributed by atoms with Crippen LogP contribution in [0.4, 0.5) is 5.13 Å². The van der Waals surface area contributed by atoms with Gasteiger partial charge in [-0.15, -0.1) is 11.3 Å². The fourth-order valence-corrected chi connectivity index (χ4v) is 5.09. The molecular formula is C25H31N3O4S. The van der Waals surface area contributed by atoms with E-state index in [1.165, 1.54) is 24.2 Å². The number of hydrogen-bond donors (Lipinski definition) is 0. The maximum Gasteiger partial charge on any atom is 0.248 e. The van der Waals surface area contributed by atoms with Crippen molar-refractivity contribution < 1.29 is 19.1 Å². The molecule has 8 heteroatoms. The second-order valence-electron chi connectivity index (χ2n) is 9.56. The maximum atomic E-state index is 13.2. The summed E-state index contributed by atoms with van der Waals surface area (Å²) in [7, 11) is 1.64. The zero-order valence-corrected chi connectivity index (χ0v) is 20.1. The third kappa shape index (κ3) is 5.32. The van der Waals surface area contributed by atoms with Gasteiger partial charge in [0, 0.05) is 30.8 Å². The fourth-order valence-electron chi connectivity index (χ4n) is 4.26. The average molecular weight is 470 g/mol. The fraction of sp³-hybridized carbons (Fsp3) is 0.560. The standard InChI is InChI=1S/C25H31N3O4S/c1-16-15-33-25(26-16)28(11-17-3-4-17)24(30)13-27-12-20(10-23(27)29)19-7-8-21(31-2)22(9-19)32-14-18-5-6-18/h7-9,15,17-18,20H,3-6,10-14H2,1-2H3. The molecule has 2 amide bonds. The molecule has 2 aromatic rings. The summed E-state index contributed by atoms with van der Waals surface area (Å²) in [4.78, 5) is 34.0. The minimum Gasteiger partial charge on any atom is -0.493 e. The number of likely N-dealkylation sites (tertiary alicyclic amines) is 1. The van der Waals surface area contributed by atoms with Crippen LogP contribution >= 0.6 is 11.3 Å². The Morgan fingerprint density at radius 1 is 1.21 bits per heavy atom. The Balaban J connectivity index is 1.26. The van der Waals surface area contributed by atoms with Crippen molar-refractivity contribution in [2.24, 2.45) is 11.8 Å². The van der Waals surface area contributed by atoms with E-state index >= 15 is 0 Å². The predicted molar refractivity (Wildman–Crippen MR) is 127 cm³/mol. The summed E-state index contributed by atoms with van der Waals surface area (Å²) in [5, 5.41) is 2.70. The number of anilines is 1. The number of aromatic nitrogens is 1. The van der Waals surface area contributed by atoms with Gasteiger partial charge in [0.2, 0.25) is 11.8 Å². The lowest BCUT2D eigenvalue weighted by molar-refractivity contribution is -0.132. The predicted octanol–water partition coefficient (Wildman–Crippen LogP) is 4.01. The zero-order chi connectivity index (χ0) is 22.9. The van der Waals surface area contributed by atoms with E-state index in [9.17, 15) is 9.59 Å². The summed E-state index contributed by atoms with van der Waals surface area (Å²) in [6.45, 7) is 3.97. The average Bonchev–Trinajstić information content (AvgIpc) is 3.73. The Hall–Kier alpha value is -2.61. The number of hydrogen-bond acceptors (Lipinski definition) is 6. The van der Waals surface area contributed by atoms with Crippen LogP contribution in [-0.4, -0.2) is 55.0 Å². The number of aryl methyl sites for hydroxylation is 1. The first-order valence-corrected chi connectivity index (χ1v) is 12.7. The molecule has 0 bridgehead atoms. The van der Waals surface area contributed by atoms with Gasteiger partial charge in [-0.2, -0.15) is 0 Å². The minimum atomic E-state index is -0.0477. The molecule has 2 heterocycles. The number of rotatable bonds is 10. The molecule has 1 atom stereocenters. The molecule has 1 aliphatic heterocycles. The lowest BCUT2D eigenvalue weighted by Gasteiger charge is -2.23. The quantitative estimate of drug-likeness (QED) is 0.526. The van der Waals surface area contributed by atoms with Crippen molar-refractivity contribution in [3.05, 3.63) is 34.8 Å². The van der Waals surface area contributed by atoms with Gasteiger partial charge in [-0.1, -0.05) is 6.07 Å². The van der Waals surface area contributed by atoms with Gasteiger partial charge >= 0.3 is 0 Å². The van der Waals surface area contributed by atoms with E-state index in [-0.39, 0.29) is 24.3 Å². The third-order valence-corrected chi connectivity index (χ3v) is 7.63. The number of carbonyl (C=O) groups excluding carboxylic acids is 2. The first-order chi connectivity index (χ1) is 16.0. The lowest BCUT2D eigenvalue weighted by atomic mass is 9.98. The second-order valence-corrected chi connectivity index (χ2v) is 10.4. The van der Waals surface area contributed by atoms with Gasteiger partial charge in [0.1, 0.15) is 6.54 Å². The highest BCUT2D eigenvalue weighted by Gasteiger charge is 2.35. The highest BCUT2D eigenvalue weighted by molar-refractivity contribution is 7.14. The molecule has 176 valence electrons. The second kappa shape index (κ2) is 9.33. The molecular weight excluding hydrogens is 438 g/mol. The molecule has 2 saturated carbocycles. The topological polar surface area (TPSA) is 72.0 Å². The van der Waals surface area contributed by atoms with E-state index in [1.54, 1.807) is 16.9 Å². The molecule has 0 N–H and O–H groups in total. The van der Waals surface area contributed by atoms with Gasteiger partial charge < -0.3 is 14.4 Å². The Morgan fingerprint density at radius 2 is 2.00 bits per heavy atom. The molecule has 3 fully saturated rings. The number of carbonyl (C=O) groups is 2. The van der Waals surface area contributed by atoms with Crippen molar-refractivity contribution in [1.82, 2.24) is 9.88 Å². The number of methoxy groups -OCH3 is 1. The molecule has 1 unspecified atom stereocenters. The minimum absolute atomic E-state index is 0.0197. The monoisotopic (exact) mass is 469 g/mol. The molecule has 0 spiro atoms. The van der Waals surface area contributed by atoms with Gasteiger partial charge in [0.25, 0.3) is 0 Å². The van der Waals surface area contributed by atoms with Gasteiger partial charge in [-0.3, -0.25) is 14.5 Å². The number of benzene rings is 1. The smallest absolute Gasteiger partial charge is 0.248 e. The van der Waals surface area contributed by atoms with E-state index in [0.717, 1.165) is 35.0 Å². The van der Waals surface area contributed by atoms with Crippen molar-refractivity contribution in [1.29, 1.82) is 0 Å². The Kier molecular flexibility index (Phi) is 6.27. The third-order valence-electron chi connectivity index (χ3n) is 6.65. The van der Waals surface area contributed by atoms with Crippen molar-refractivity contribution >= 4 is 28.3 Å². The molecule has 2 aliphatic carbocycles. The van der Waals surface area contributed by atoms with Crippen molar-refractivity contribution in [3.63, 3.8) is 0 Å². The van der Waals surface area contributed by atoms with Crippen LogP contribution in [-0.2, 0) is 9.59 Å². The van der Waals surface area contributed by atoms with Crippen LogP contribution in [0.25, 0.3) is 0 Å². The van der Waals surface area contributed by atoms with E-state index in [1.807, 2.05) is 30.5 Å². The van der Waals surface area contributed by atoms with Crippen LogP contribution < -0.4 is 14.4 Å². The Labute approximate surface area is 198 Å². The Bertz CT molecular complexity index is 1030. The van der Waals surface area contributed by atoms with Gasteiger partial charge in [-0.05, 0) is 62.1 Å². The highest BCUT2D eigenvalue weighted by atomic mass is 32.1. The van der Waals surface area contributed by atoms with Crippen LogP contribution in [0.5, 0.6) is 11.5 Å². The maximum absolute atomic E-state index is 13.2. The molecule has 33 heavy (non-hydrogen) atoms. The van der Waals surface area contributed by atoms with E-state index in [4.69, 9.17) is 9.47 Å². The number of amides is 2. The summed E-state index contributed by atoms with van der Waals surface area (Å²) in [5.74, 6) is 2.66. The molecule has 1 saturated heterocycles. The van der Waals surface area contributed by atoms with Crippen molar-refractivity contribution in [2.45, 2.75) is 44.9 Å². The molecule has 3 aliphatic rings. The lowest BCUT2D eigenvalue weighted by Crippen LogP contribution is -2.42. The van der Waals surface area contributed by atoms with Gasteiger partial charge in [-0.25, -0.2) is 4.98 Å². The summed E-state index contributed by atoms with van der Waals surface area (Å²) < 4.78 is 11.5. The first kappa shape index (κ1) is 22.2. The molecule has 1 aromatic heterocycles. The summed E-state index contributed by atoms with van der Waals surface area (Å²) in [5.41, 5.74) is 1.97. The molecule has 1 aromatic carbocycles. The summed E-state index contributed by atoms with van der Waals surface area (Å²) in [6, 6.07) is 5.92. The van der Waals surface area contributed by atoms with E-state index < -0.39 is 0 Å². The Morgan fingerprint density at radius 3 is 2.67 bits per heavy atom. The molecule has 5 rings (SSSR count). The van der Waals surface area contributed by atoms with Crippen molar-refractivity contribution in [2.75, 3.05) is 38.3 Å². The van der Waals surface area contributed by atoms with Crippen LogP contribution in [0.15, 0.2) is 23.6 Å². The SMILES string of the molecule is COc1ccc(C2CC(=O)N(CC(=O)N(CC3CC3)c3nc(C)cs3)C2)cc1OCC1CC1.